The van der Waals surface area contributed by atoms with E-state index in [0.29, 0.717) is 5.95 Å². The van der Waals surface area contributed by atoms with Crippen molar-refractivity contribution in [2.24, 2.45) is 0 Å². The van der Waals surface area contributed by atoms with E-state index in [-0.39, 0.29) is 0 Å². The Balaban J connectivity index is 2.46. The molecule has 1 heterocycles. The molecule has 3 nitrogen and oxygen atoms in total. The molecule has 2 N–H and O–H groups in total. The van der Waals surface area contributed by atoms with Crippen LogP contribution in [0.1, 0.15) is 5.56 Å². The van der Waals surface area contributed by atoms with Gasteiger partial charge in [-0.3, -0.25) is 4.57 Å². The van der Waals surface area contributed by atoms with E-state index in [1.807, 2.05) is 34.9 Å². The van der Waals surface area contributed by atoms with Crippen LogP contribution >= 0.6 is 31.9 Å². The number of hydrogen-bond acceptors (Lipinski definition) is 2. The number of nitrogens with zero attached hydrogens (tertiary/aromatic N) is 2. The molecule has 0 amide bonds. The van der Waals surface area contributed by atoms with E-state index in [0.717, 1.165) is 31.2 Å². The number of benzene rings is 2. The molecule has 0 radical (unpaired) electrons. The summed E-state index contributed by atoms with van der Waals surface area (Å²) in [5.41, 5.74) is 10.2. The van der Waals surface area contributed by atoms with E-state index >= 15 is 0 Å². The lowest BCUT2D eigenvalue weighted by Gasteiger charge is -2.12. The fraction of sp³-hybridized carbons (Fsp3) is 0.0714. The number of hydrogen-bond donors (Lipinski definition) is 1. The number of aromatic nitrogens is 2. The van der Waals surface area contributed by atoms with Crippen molar-refractivity contribution in [2.45, 2.75) is 6.92 Å². The number of aryl methyl sites for hydroxylation is 1. The number of nitrogen functional groups attached to an aromatic ring is 1. The largest absolute Gasteiger partial charge is 0.369 e. The number of halogens is 2. The van der Waals surface area contributed by atoms with Crippen molar-refractivity contribution in [2.75, 3.05) is 5.73 Å². The van der Waals surface area contributed by atoms with Gasteiger partial charge in [0.25, 0.3) is 0 Å². The smallest absolute Gasteiger partial charge is 0.206 e. The van der Waals surface area contributed by atoms with Gasteiger partial charge in [-0.2, -0.15) is 0 Å². The lowest BCUT2D eigenvalue weighted by Crippen LogP contribution is -2.03. The highest BCUT2D eigenvalue weighted by Gasteiger charge is 2.16. The zero-order valence-electron chi connectivity index (χ0n) is 10.2. The third kappa shape index (κ3) is 1.97. The third-order valence-corrected chi connectivity index (χ3v) is 4.35. The molecule has 96 valence electrons. The van der Waals surface area contributed by atoms with Gasteiger partial charge in [-0.15, -0.1) is 0 Å². The maximum Gasteiger partial charge on any atom is 0.206 e. The molecule has 0 aliphatic carbocycles. The summed E-state index contributed by atoms with van der Waals surface area (Å²) in [5, 5.41) is 0. The number of para-hydroxylation sites is 2. The molecule has 3 rings (SSSR count). The predicted molar refractivity (Wildman–Crippen MR) is 85.6 cm³/mol. The van der Waals surface area contributed by atoms with Crippen molar-refractivity contribution in [3.8, 4) is 5.69 Å². The van der Waals surface area contributed by atoms with Gasteiger partial charge in [0.05, 0.1) is 16.7 Å². The van der Waals surface area contributed by atoms with Gasteiger partial charge in [-0.05, 0) is 62.5 Å². The molecule has 0 atom stereocenters. The fourth-order valence-corrected chi connectivity index (χ4v) is 3.59. The Morgan fingerprint density at radius 3 is 2.37 bits per heavy atom. The predicted octanol–water partition coefficient (Wildman–Crippen LogP) is 4.44. The topological polar surface area (TPSA) is 43.8 Å². The Hall–Kier alpha value is -1.33. The van der Waals surface area contributed by atoms with Gasteiger partial charge in [0.15, 0.2) is 0 Å². The minimum atomic E-state index is 0.483. The van der Waals surface area contributed by atoms with E-state index in [9.17, 15) is 0 Å². The van der Waals surface area contributed by atoms with Crippen LogP contribution in [0, 0.1) is 6.92 Å². The van der Waals surface area contributed by atoms with Crippen LogP contribution in [0.15, 0.2) is 45.3 Å². The summed E-state index contributed by atoms with van der Waals surface area (Å²) in [5.74, 6) is 0.483. The van der Waals surface area contributed by atoms with Gasteiger partial charge in [-0.1, -0.05) is 18.2 Å². The van der Waals surface area contributed by atoms with Crippen LogP contribution in [0.3, 0.4) is 0 Å². The second kappa shape index (κ2) is 4.65. The summed E-state index contributed by atoms with van der Waals surface area (Å²) in [6, 6.07) is 12.0. The number of fused-ring (bicyclic) bond motifs is 1. The van der Waals surface area contributed by atoms with Crippen LogP contribution in [0.4, 0.5) is 5.95 Å². The molecular formula is C14H11Br2N3. The van der Waals surface area contributed by atoms with E-state index in [1.54, 1.807) is 0 Å². The third-order valence-electron chi connectivity index (χ3n) is 3.07. The van der Waals surface area contributed by atoms with Crippen molar-refractivity contribution in [3.05, 3.63) is 50.9 Å². The van der Waals surface area contributed by atoms with Crippen LogP contribution in [-0.4, -0.2) is 9.55 Å². The molecule has 0 saturated carbocycles. The lowest BCUT2D eigenvalue weighted by atomic mass is 10.2. The number of imidazole rings is 1. The van der Waals surface area contributed by atoms with Crippen LogP contribution in [0.25, 0.3) is 16.7 Å². The Kier molecular flexibility index (Phi) is 3.11. The standard InChI is InChI=1S/C14H11Br2N3/c1-8-4-2-7-11-12(8)19(14(17)18-11)13-9(15)5-3-6-10(13)16/h2-7H,1H3,(H2,17,18). The molecule has 5 heteroatoms. The van der Waals surface area contributed by atoms with Gasteiger partial charge in [0.1, 0.15) is 0 Å². The first-order chi connectivity index (χ1) is 9.09. The molecule has 19 heavy (non-hydrogen) atoms. The van der Waals surface area contributed by atoms with Crippen molar-refractivity contribution in [1.82, 2.24) is 9.55 Å². The number of anilines is 1. The highest BCUT2D eigenvalue weighted by Crippen LogP contribution is 2.34. The molecule has 0 spiro atoms. The lowest BCUT2D eigenvalue weighted by molar-refractivity contribution is 1.09. The minimum absolute atomic E-state index is 0.483. The fourth-order valence-electron chi connectivity index (χ4n) is 2.24. The van der Waals surface area contributed by atoms with Crippen molar-refractivity contribution >= 4 is 48.8 Å². The number of nitrogens with two attached hydrogens (primary N) is 1. The summed E-state index contributed by atoms with van der Waals surface area (Å²) in [6.45, 7) is 2.06. The van der Waals surface area contributed by atoms with Crippen LogP contribution in [0.2, 0.25) is 0 Å². The second-order valence-corrected chi connectivity index (χ2v) is 6.03. The Labute approximate surface area is 127 Å². The molecular weight excluding hydrogens is 370 g/mol. The first-order valence-corrected chi connectivity index (χ1v) is 7.36. The highest BCUT2D eigenvalue weighted by atomic mass is 79.9. The van der Waals surface area contributed by atoms with Gasteiger partial charge in [-0.25, -0.2) is 4.98 Å². The van der Waals surface area contributed by atoms with E-state index in [1.165, 1.54) is 0 Å². The average Bonchev–Trinajstić information content (AvgIpc) is 2.67. The maximum atomic E-state index is 6.10. The summed E-state index contributed by atoms with van der Waals surface area (Å²) >= 11 is 7.16. The molecule has 0 aliphatic heterocycles. The zero-order chi connectivity index (χ0) is 13.6. The first kappa shape index (κ1) is 12.7. The molecule has 0 bridgehead atoms. The minimum Gasteiger partial charge on any atom is -0.369 e. The molecule has 0 aliphatic rings. The van der Waals surface area contributed by atoms with Gasteiger partial charge in [0, 0.05) is 8.95 Å². The second-order valence-electron chi connectivity index (χ2n) is 4.32. The average molecular weight is 381 g/mol. The summed E-state index contributed by atoms with van der Waals surface area (Å²) in [4.78, 5) is 4.43. The molecule has 2 aromatic carbocycles. The van der Waals surface area contributed by atoms with Gasteiger partial charge < -0.3 is 5.73 Å². The molecule has 0 saturated heterocycles. The van der Waals surface area contributed by atoms with Crippen molar-refractivity contribution in [3.63, 3.8) is 0 Å². The van der Waals surface area contributed by atoms with E-state index in [2.05, 4.69) is 49.8 Å². The Morgan fingerprint density at radius 1 is 1.05 bits per heavy atom. The monoisotopic (exact) mass is 379 g/mol. The Bertz CT molecular complexity index is 757. The van der Waals surface area contributed by atoms with Crippen LogP contribution in [0.5, 0.6) is 0 Å². The van der Waals surface area contributed by atoms with Crippen LogP contribution in [-0.2, 0) is 0 Å². The molecule has 0 unspecified atom stereocenters. The van der Waals surface area contributed by atoms with Crippen LogP contribution < -0.4 is 5.73 Å². The van der Waals surface area contributed by atoms with E-state index < -0.39 is 0 Å². The summed E-state index contributed by atoms with van der Waals surface area (Å²) in [7, 11) is 0. The van der Waals surface area contributed by atoms with Crippen molar-refractivity contribution < 1.29 is 0 Å². The Morgan fingerprint density at radius 2 is 1.68 bits per heavy atom. The number of rotatable bonds is 1. The maximum absolute atomic E-state index is 6.10. The highest BCUT2D eigenvalue weighted by molar-refractivity contribution is 9.11. The zero-order valence-corrected chi connectivity index (χ0v) is 13.4. The quantitative estimate of drug-likeness (QED) is 0.678. The molecule has 1 aromatic heterocycles. The summed E-state index contributed by atoms with van der Waals surface area (Å²) in [6.07, 6.45) is 0. The van der Waals surface area contributed by atoms with Gasteiger partial charge >= 0.3 is 0 Å². The van der Waals surface area contributed by atoms with E-state index in [4.69, 9.17) is 5.73 Å². The first-order valence-electron chi connectivity index (χ1n) is 5.77. The van der Waals surface area contributed by atoms with Gasteiger partial charge in [0.2, 0.25) is 5.95 Å². The van der Waals surface area contributed by atoms with Crippen molar-refractivity contribution in [1.29, 1.82) is 0 Å². The normalized spacial score (nSPS) is 11.1. The summed E-state index contributed by atoms with van der Waals surface area (Å²) < 4.78 is 3.91. The SMILES string of the molecule is Cc1cccc2nc(N)n(-c3c(Br)cccc3Br)c12. The molecule has 0 fully saturated rings. The molecule has 3 aromatic rings.